The summed E-state index contributed by atoms with van der Waals surface area (Å²) in [5.74, 6) is -1.17. The fourth-order valence-electron chi connectivity index (χ4n) is 2.83. The van der Waals surface area contributed by atoms with Gasteiger partial charge in [0, 0.05) is 31.3 Å². The highest BCUT2D eigenvalue weighted by atomic mass is 32.1. The molecule has 1 unspecified atom stereocenters. The Labute approximate surface area is 151 Å². The van der Waals surface area contributed by atoms with Gasteiger partial charge in [-0.1, -0.05) is 20.8 Å². The summed E-state index contributed by atoms with van der Waals surface area (Å²) in [6.45, 7) is 7.03. The molecule has 138 valence electrons. The number of hydrogen-bond donors (Lipinski definition) is 2. The lowest BCUT2D eigenvalue weighted by Crippen LogP contribution is -2.47. The topological polar surface area (TPSA) is 99.6 Å². The number of hydrogen-bond acceptors (Lipinski definition) is 5. The Bertz CT molecular complexity index is 651. The fourth-order valence-corrected chi connectivity index (χ4v) is 3.60. The number of carbonyl (C=O) groups excluding carboxylic acids is 2. The van der Waals surface area contributed by atoms with Crippen molar-refractivity contribution in [2.24, 2.45) is 5.41 Å². The summed E-state index contributed by atoms with van der Waals surface area (Å²) >= 11 is 1.27. The molecule has 0 bridgehead atoms. The highest BCUT2D eigenvalue weighted by Gasteiger charge is 2.35. The zero-order valence-electron chi connectivity index (χ0n) is 14.9. The summed E-state index contributed by atoms with van der Waals surface area (Å²) in [5.41, 5.74) is -0.0750. The van der Waals surface area contributed by atoms with Gasteiger partial charge >= 0.3 is 5.97 Å². The molecule has 1 aromatic rings. The van der Waals surface area contributed by atoms with Gasteiger partial charge in [-0.2, -0.15) is 0 Å². The van der Waals surface area contributed by atoms with Crippen LogP contribution in [0.15, 0.2) is 5.38 Å². The first kappa shape index (κ1) is 19.4. The standard InChI is InChI=1S/C17H25N3O4S/c1-17(2,3)9-14(21)20-8-4-5-12(20)15(22)18-7-6-13-19-11(10-25-13)16(23)24/h10,12H,4-9H2,1-3H3,(H,18,22)(H,23,24). The maximum Gasteiger partial charge on any atom is 0.355 e. The Morgan fingerprint density at radius 2 is 2.12 bits per heavy atom. The summed E-state index contributed by atoms with van der Waals surface area (Å²) in [7, 11) is 0. The van der Waals surface area contributed by atoms with Crippen LogP contribution in [0.25, 0.3) is 0 Å². The van der Waals surface area contributed by atoms with E-state index in [9.17, 15) is 14.4 Å². The molecule has 0 spiro atoms. The summed E-state index contributed by atoms with van der Waals surface area (Å²) < 4.78 is 0. The number of likely N-dealkylation sites (tertiary alicyclic amines) is 1. The van der Waals surface area contributed by atoms with Crippen molar-refractivity contribution in [2.75, 3.05) is 13.1 Å². The van der Waals surface area contributed by atoms with Crippen molar-refractivity contribution in [3.8, 4) is 0 Å². The van der Waals surface area contributed by atoms with E-state index < -0.39 is 12.0 Å². The van der Waals surface area contributed by atoms with Crippen LogP contribution in [-0.4, -0.2) is 51.9 Å². The first-order valence-electron chi connectivity index (χ1n) is 8.42. The lowest BCUT2D eigenvalue weighted by Gasteiger charge is -2.27. The number of thiazole rings is 1. The third-order valence-corrected chi connectivity index (χ3v) is 4.87. The molecule has 1 aliphatic heterocycles. The van der Waals surface area contributed by atoms with Gasteiger partial charge in [0.15, 0.2) is 5.69 Å². The fraction of sp³-hybridized carbons (Fsp3) is 0.647. The van der Waals surface area contributed by atoms with Crippen molar-refractivity contribution in [2.45, 2.75) is 52.5 Å². The number of carboxylic acids is 1. The van der Waals surface area contributed by atoms with Crippen LogP contribution in [0.3, 0.4) is 0 Å². The van der Waals surface area contributed by atoms with Crippen molar-refractivity contribution in [1.82, 2.24) is 15.2 Å². The van der Waals surface area contributed by atoms with Crippen molar-refractivity contribution in [3.63, 3.8) is 0 Å². The monoisotopic (exact) mass is 367 g/mol. The van der Waals surface area contributed by atoms with Crippen LogP contribution in [0.1, 0.15) is 55.5 Å². The Morgan fingerprint density at radius 3 is 2.72 bits per heavy atom. The third kappa shape index (κ3) is 5.52. The predicted molar refractivity (Wildman–Crippen MR) is 94.6 cm³/mol. The van der Waals surface area contributed by atoms with Gasteiger partial charge in [-0.25, -0.2) is 9.78 Å². The van der Waals surface area contributed by atoms with E-state index in [1.165, 1.54) is 16.7 Å². The molecule has 2 N–H and O–H groups in total. The second kappa shape index (κ2) is 7.95. The van der Waals surface area contributed by atoms with Crippen LogP contribution in [0.5, 0.6) is 0 Å². The summed E-state index contributed by atoms with van der Waals surface area (Å²) in [4.78, 5) is 41.3. The van der Waals surface area contributed by atoms with Crippen LogP contribution in [0.2, 0.25) is 0 Å². The number of carboxylic acid groups (broad SMARTS) is 1. The quantitative estimate of drug-likeness (QED) is 0.800. The highest BCUT2D eigenvalue weighted by molar-refractivity contribution is 7.09. The lowest BCUT2D eigenvalue weighted by molar-refractivity contribution is -0.139. The van der Waals surface area contributed by atoms with E-state index >= 15 is 0 Å². The molecule has 0 aromatic carbocycles. The van der Waals surface area contributed by atoms with E-state index in [-0.39, 0.29) is 22.9 Å². The first-order valence-corrected chi connectivity index (χ1v) is 9.30. The molecule has 7 nitrogen and oxygen atoms in total. The number of rotatable bonds is 6. The smallest absolute Gasteiger partial charge is 0.355 e. The Hall–Kier alpha value is -1.96. The van der Waals surface area contributed by atoms with Crippen LogP contribution < -0.4 is 5.32 Å². The van der Waals surface area contributed by atoms with E-state index in [1.54, 1.807) is 4.90 Å². The minimum absolute atomic E-state index is 0.0242. The van der Waals surface area contributed by atoms with Gasteiger partial charge in [0.05, 0.1) is 5.01 Å². The van der Waals surface area contributed by atoms with E-state index in [1.807, 2.05) is 20.8 Å². The predicted octanol–water partition coefficient (Wildman–Crippen LogP) is 1.93. The molecule has 0 aliphatic carbocycles. The number of aromatic carboxylic acids is 1. The Morgan fingerprint density at radius 1 is 1.40 bits per heavy atom. The number of amides is 2. The average Bonchev–Trinajstić information content (AvgIpc) is 3.14. The van der Waals surface area contributed by atoms with Crippen LogP contribution >= 0.6 is 11.3 Å². The Kier molecular flexibility index (Phi) is 6.16. The second-order valence-corrected chi connectivity index (χ2v) is 8.40. The first-order chi connectivity index (χ1) is 11.7. The summed E-state index contributed by atoms with van der Waals surface area (Å²) in [5, 5.41) is 13.9. The van der Waals surface area contributed by atoms with Crippen LogP contribution in [-0.2, 0) is 16.0 Å². The van der Waals surface area contributed by atoms with E-state index in [2.05, 4.69) is 10.3 Å². The zero-order chi connectivity index (χ0) is 18.6. The normalized spacial score (nSPS) is 17.6. The lowest BCUT2D eigenvalue weighted by atomic mass is 9.91. The largest absolute Gasteiger partial charge is 0.476 e. The van der Waals surface area contributed by atoms with Crippen LogP contribution in [0.4, 0.5) is 0 Å². The molecule has 1 aliphatic rings. The molecule has 1 fully saturated rings. The maximum absolute atomic E-state index is 12.4. The summed E-state index contributed by atoms with van der Waals surface area (Å²) in [6, 6.07) is -0.402. The van der Waals surface area contributed by atoms with Gasteiger partial charge in [0.2, 0.25) is 11.8 Å². The second-order valence-electron chi connectivity index (χ2n) is 7.46. The molecule has 25 heavy (non-hydrogen) atoms. The van der Waals surface area contributed by atoms with Crippen molar-refractivity contribution >= 4 is 29.1 Å². The zero-order valence-corrected chi connectivity index (χ0v) is 15.7. The van der Waals surface area contributed by atoms with E-state index in [4.69, 9.17) is 5.11 Å². The molecular formula is C17H25N3O4S. The van der Waals surface area contributed by atoms with E-state index in [0.29, 0.717) is 37.4 Å². The summed E-state index contributed by atoms with van der Waals surface area (Å²) in [6.07, 6.45) is 2.42. The highest BCUT2D eigenvalue weighted by Crippen LogP contribution is 2.24. The molecule has 0 radical (unpaired) electrons. The average molecular weight is 367 g/mol. The van der Waals surface area contributed by atoms with Gasteiger partial charge in [0.1, 0.15) is 6.04 Å². The van der Waals surface area contributed by atoms with Gasteiger partial charge in [-0.05, 0) is 18.3 Å². The van der Waals surface area contributed by atoms with Gasteiger partial charge in [-0.3, -0.25) is 9.59 Å². The number of carbonyl (C=O) groups is 3. The maximum atomic E-state index is 12.4. The molecule has 1 aromatic heterocycles. The number of nitrogens with zero attached hydrogens (tertiary/aromatic N) is 2. The van der Waals surface area contributed by atoms with Crippen molar-refractivity contribution in [1.29, 1.82) is 0 Å². The van der Waals surface area contributed by atoms with Gasteiger partial charge in [-0.15, -0.1) is 11.3 Å². The van der Waals surface area contributed by atoms with Gasteiger partial charge in [0.25, 0.3) is 0 Å². The molecule has 0 saturated carbocycles. The molecule has 2 heterocycles. The Balaban J connectivity index is 1.84. The molecule has 1 atom stereocenters. The molecule has 2 rings (SSSR count). The molecule has 2 amide bonds. The van der Waals surface area contributed by atoms with Crippen molar-refractivity contribution < 1.29 is 19.5 Å². The molecule has 1 saturated heterocycles. The minimum atomic E-state index is -1.05. The van der Waals surface area contributed by atoms with Crippen molar-refractivity contribution in [3.05, 3.63) is 16.1 Å². The van der Waals surface area contributed by atoms with E-state index in [0.717, 1.165) is 6.42 Å². The number of nitrogens with one attached hydrogen (secondary N) is 1. The van der Waals surface area contributed by atoms with Gasteiger partial charge < -0.3 is 15.3 Å². The third-order valence-electron chi connectivity index (χ3n) is 3.97. The SMILES string of the molecule is CC(C)(C)CC(=O)N1CCCC1C(=O)NCCc1nc(C(=O)O)cs1. The number of aromatic nitrogens is 1. The molecule has 8 heteroatoms. The minimum Gasteiger partial charge on any atom is -0.476 e. The molecular weight excluding hydrogens is 342 g/mol. The van der Waals surface area contributed by atoms with Crippen LogP contribution in [0, 0.1) is 5.41 Å².